The average Bonchev–Trinajstić information content (AvgIpc) is 3.74. The van der Waals surface area contributed by atoms with E-state index in [2.05, 4.69) is 120 Å². The predicted molar refractivity (Wildman–Crippen MR) is 189 cm³/mol. The summed E-state index contributed by atoms with van der Waals surface area (Å²) < 4.78 is 0. The van der Waals surface area contributed by atoms with Crippen LogP contribution in [0.15, 0.2) is 94.9 Å². The SMILES string of the molecule is NC(N)=NCCNc1cc2cc(-c3ccc4[nH]c5ccc(-c6ccc7[nH]c(NCCN=C(N)N)cc7c6)cc5c4c3)ccc2[nH]1. The van der Waals surface area contributed by atoms with Crippen molar-refractivity contribution >= 4 is 67.2 Å². The van der Waals surface area contributed by atoms with Crippen LogP contribution in [0.3, 0.4) is 0 Å². The Hall–Kier alpha value is -6.10. The van der Waals surface area contributed by atoms with E-state index < -0.39 is 0 Å². The highest BCUT2D eigenvalue weighted by Gasteiger charge is 2.11. The zero-order valence-electron chi connectivity index (χ0n) is 24.6. The number of rotatable bonds is 10. The van der Waals surface area contributed by atoms with Gasteiger partial charge in [-0.3, -0.25) is 9.98 Å². The zero-order valence-corrected chi connectivity index (χ0v) is 24.6. The Balaban J connectivity index is 1.16. The summed E-state index contributed by atoms with van der Waals surface area (Å²) in [6, 6.07) is 30.4. The number of aliphatic imine (C=N–C) groups is 2. The van der Waals surface area contributed by atoms with Crippen molar-refractivity contribution in [2.75, 3.05) is 36.8 Å². The fourth-order valence-corrected chi connectivity index (χ4v) is 5.82. The highest BCUT2D eigenvalue weighted by Crippen LogP contribution is 2.35. The lowest BCUT2D eigenvalue weighted by Gasteiger charge is -2.04. The Morgan fingerprint density at radius 1 is 0.489 bits per heavy atom. The maximum absolute atomic E-state index is 5.42. The van der Waals surface area contributed by atoms with E-state index in [0.29, 0.717) is 26.2 Å². The third-order valence-corrected chi connectivity index (χ3v) is 7.95. The molecule has 0 spiro atoms. The van der Waals surface area contributed by atoms with E-state index in [9.17, 15) is 0 Å². The second-order valence-electron chi connectivity index (χ2n) is 11.1. The summed E-state index contributed by atoms with van der Waals surface area (Å²) in [4.78, 5) is 18.5. The number of nitrogens with zero attached hydrogens (tertiary/aromatic N) is 2. The molecule has 3 heterocycles. The lowest BCUT2D eigenvalue weighted by atomic mass is 9.99. The van der Waals surface area contributed by atoms with Crippen LogP contribution in [0.1, 0.15) is 0 Å². The zero-order chi connectivity index (χ0) is 30.9. The van der Waals surface area contributed by atoms with Crippen LogP contribution >= 0.6 is 0 Å². The number of benzene rings is 4. The van der Waals surface area contributed by atoms with Gasteiger partial charge in [-0.1, -0.05) is 24.3 Å². The number of H-pyrrole nitrogens is 3. The molecule has 7 aromatic rings. The molecule has 11 heteroatoms. The van der Waals surface area contributed by atoms with E-state index >= 15 is 0 Å². The predicted octanol–water partition coefficient (Wildman–Crippen LogP) is 4.99. The summed E-state index contributed by atoms with van der Waals surface area (Å²) in [6.45, 7) is 2.29. The summed E-state index contributed by atoms with van der Waals surface area (Å²) in [5, 5.41) is 11.3. The number of hydrogen-bond donors (Lipinski definition) is 9. The van der Waals surface area contributed by atoms with Gasteiger partial charge >= 0.3 is 0 Å². The quantitative estimate of drug-likeness (QED) is 0.0604. The van der Waals surface area contributed by atoms with Gasteiger partial charge in [0, 0.05) is 56.7 Å². The van der Waals surface area contributed by atoms with Crippen molar-refractivity contribution in [2.45, 2.75) is 0 Å². The molecule has 3 aromatic heterocycles. The van der Waals surface area contributed by atoms with Crippen LogP contribution in [0.25, 0.3) is 65.9 Å². The molecule has 0 saturated carbocycles. The van der Waals surface area contributed by atoms with Crippen molar-refractivity contribution in [1.82, 2.24) is 15.0 Å². The van der Waals surface area contributed by atoms with Gasteiger partial charge in [0.25, 0.3) is 0 Å². The number of hydrogen-bond acceptors (Lipinski definition) is 4. The summed E-state index contributed by atoms with van der Waals surface area (Å²) >= 11 is 0. The van der Waals surface area contributed by atoms with Crippen molar-refractivity contribution in [3.63, 3.8) is 0 Å². The minimum atomic E-state index is 0.0973. The van der Waals surface area contributed by atoms with Crippen LogP contribution in [0.2, 0.25) is 0 Å². The van der Waals surface area contributed by atoms with Gasteiger partial charge in [-0.15, -0.1) is 0 Å². The van der Waals surface area contributed by atoms with Crippen molar-refractivity contribution in [3.8, 4) is 22.3 Å². The first-order valence-electron chi connectivity index (χ1n) is 14.8. The molecule has 0 aliphatic heterocycles. The van der Waals surface area contributed by atoms with Crippen molar-refractivity contribution in [1.29, 1.82) is 0 Å². The van der Waals surface area contributed by atoms with Gasteiger partial charge in [-0.05, 0) is 82.9 Å². The maximum atomic E-state index is 5.42. The van der Waals surface area contributed by atoms with Crippen molar-refractivity contribution in [2.24, 2.45) is 32.9 Å². The Kier molecular flexibility index (Phi) is 7.10. The van der Waals surface area contributed by atoms with Crippen molar-refractivity contribution in [3.05, 3.63) is 84.9 Å². The van der Waals surface area contributed by atoms with E-state index in [1.165, 1.54) is 10.8 Å². The van der Waals surface area contributed by atoms with E-state index in [4.69, 9.17) is 22.9 Å². The van der Waals surface area contributed by atoms with E-state index in [0.717, 1.165) is 66.7 Å². The first kappa shape index (κ1) is 27.7. The molecule has 0 aliphatic carbocycles. The van der Waals surface area contributed by atoms with Gasteiger partial charge in [0.1, 0.15) is 11.6 Å². The first-order valence-corrected chi connectivity index (χ1v) is 14.8. The molecular weight excluding hydrogens is 562 g/mol. The summed E-state index contributed by atoms with van der Waals surface area (Å²) in [5.74, 6) is 2.06. The number of aromatic nitrogens is 3. The highest BCUT2D eigenvalue weighted by atomic mass is 15.0. The molecule has 0 bridgehead atoms. The minimum Gasteiger partial charge on any atom is -0.370 e. The third-order valence-electron chi connectivity index (χ3n) is 7.95. The van der Waals surface area contributed by atoms with Crippen LogP contribution in [-0.2, 0) is 0 Å². The second kappa shape index (κ2) is 11.5. The molecule has 0 amide bonds. The van der Waals surface area contributed by atoms with Gasteiger partial charge in [0.15, 0.2) is 11.9 Å². The van der Waals surface area contributed by atoms with Crippen LogP contribution in [-0.4, -0.2) is 53.1 Å². The van der Waals surface area contributed by atoms with Gasteiger partial charge in [-0.2, -0.15) is 0 Å². The lowest BCUT2D eigenvalue weighted by molar-refractivity contribution is 1.01. The molecule has 0 radical (unpaired) electrons. The standard InChI is InChI=1S/C34H35N11/c35-33(36)41-11-9-39-31-17-23-13-19(1-5-27(23)44-31)21-3-7-29-25(15-21)26-16-22(4-8-30(26)43-29)20-2-6-28-24(14-20)18-32(45-28)40-10-12-42-34(37)38/h1-8,13-18,39-40,43-45H,9-12H2,(H4,35,36,41)(H4,37,38,42). The van der Waals surface area contributed by atoms with Gasteiger partial charge in [0.05, 0.1) is 13.1 Å². The Bertz CT molecular complexity index is 2070. The summed E-state index contributed by atoms with van der Waals surface area (Å²) in [5.41, 5.74) is 30.6. The van der Waals surface area contributed by atoms with E-state index in [1.807, 2.05) is 0 Å². The van der Waals surface area contributed by atoms with Crippen LogP contribution < -0.4 is 33.6 Å². The Morgan fingerprint density at radius 2 is 0.889 bits per heavy atom. The monoisotopic (exact) mass is 597 g/mol. The Labute approximate surface area is 258 Å². The third kappa shape index (κ3) is 5.78. The van der Waals surface area contributed by atoms with Gasteiger partial charge < -0.3 is 48.5 Å². The Morgan fingerprint density at radius 3 is 1.31 bits per heavy atom. The molecule has 0 saturated heterocycles. The largest absolute Gasteiger partial charge is 0.370 e. The normalized spacial score (nSPS) is 11.4. The molecule has 7 rings (SSSR count). The van der Waals surface area contributed by atoms with E-state index in [1.54, 1.807) is 0 Å². The molecule has 226 valence electrons. The number of nitrogens with one attached hydrogen (secondary N) is 5. The smallest absolute Gasteiger partial charge is 0.185 e. The molecule has 0 unspecified atom stereocenters. The maximum Gasteiger partial charge on any atom is 0.185 e. The molecule has 0 fully saturated rings. The number of nitrogens with two attached hydrogens (primary N) is 4. The van der Waals surface area contributed by atoms with Crippen LogP contribution in [0.5, 0.6) is 0 Å². The summed E-state index contributed by atoms with van der Waals surface area (Å²) in [7, 11) is 0. The van der Waals surface area contributed by atoms with Crippen LogP contribution in [0, 0.1) is 0 Å². The fraction of sp³-hybridized carbons (Fsp3) is 0.118. The fourth-order valence-electron chi connectivity index (χ4n) is 5.82. The van der Waals surface area contributed by atoms with Crippen LogP contribution in [0.4, 0.5) is 11.6 Å². The van der Waals surface area contributed by atoms with Crippen molar-refractivity contribution < 1.29 is 0 Å². The lowest BCUT2D eigenvalue weighted by Crippen LogP contribution is -2.24. The van der Waals surface area contributed by atoms with Gasteiger partial charge in [-0.25, -0.2) is 0 Å². The molecule has 13 N–H and O–H groups in total. The number of anilines is 2. The van der Waals surface area contributed by atoms with E-state index in [-0.39, 0.29) is 11.9 Å². The number of guanidine groups is 2. The topological polar surface area (TPSA) is 200 Å². The molecule has 45 heavy (non-hydrogen) atoms. The number of aromatic amines is 3. The summed E-state index contributed by atoms with van der Waals surface area (Å²) in [6.07, 6.45) is 0. The highest BCUT2D eigenvalue weighted by molar-refractivity contribution is 6.10. The van der Waals surface area contributed by atoms with Gasteiger partial charge in [0.2, 0.25) is 0 Å². The molecule has 0 atom stereocenters. The molecule has 0 aliphatic rings. The first-order chi connectivity index (χ1) is 21.9. The minimum absolute atomic E-state index is 0.0973. The molecule has 11 nitrogen and oxygen atoms in total. The molecule has 4 aromatic carbocycles. The molecular formula is C34H35N11. The average molecular weight is 598 g/mol. The number of fused-ring (bicyclic) bond motifs is 5. The second-order valence-corrected chi connectivity index (χ2v) is 11.1.